The van der Waals surface area contributed by atoms with E-state index in [1.165, 1.54) is 0 Å². The average Bonchev–Trinajstić information content (AvgIpc) is 2.35. The van der Waals surface area contributed by atoms with Gasteiger partial charge in [-0.15, -0.1) is 0 Å². The summed E-state index contributed by atoms with van der Waals surface area (Å²) in [6.07, 6.45) is 0. The summed E-state index contributed by atoms with van der Waals surface area (Å²) in [4.78, 5) is 0. The minimum atomic E-state index is -0.515. The number of ether oxygens (including phenoxy) is 2. The summed E-state index contributed by atoms with van der Waals surface area (Å²) in [7, 11) is 0. The number of aryl methyl sites for hydroxylation is 2. The van der Waals surface area contributed by atoms with Gasteiger partial charge < -0.3 is 9.47 Å². The van der Waals surface area contributed by atoms with Crippen LogP contribution in [0.4, 0.5) is 0 Å². The highest BCUT2D eigenvalue weighted by Crippen LogP contribution is 2.43. The van der Waals surface area contributed by atoms with Crippen LogP contribution in [0, 0.1) is 13.8 Å². The van der Waals surface area contributed by atoms with Crippen molar-refractivity contribution < 1.29 is 9.47 Å². The first kappa shape index (κ1) is 8.42. The highest BCUT2D eigenvalue weighted by Gasteiger charge is 2.33. The van der Waals surface area contributed by atoms with Crippen LogP contribution in [0.25, 0.3) is 0 Å². The van der Waals surface area contributed by atoms with Gasteiger partial charge in [0, 0.05) is 13.8 Å². The van der Waals surface area contributed by atoms with Gasteiger partial charge in [-0.2, -0.15) is 0 Å². The van der Waals surface area contributed by atoms with Crippen LogP contribution in [0.5, 0.6) is 11.5 Å². The van der Waals surface area contributed by atoms with Gasteiger partial charge in [-0.05, 0) is 25.0 Å². The third-order valence-electron chi connectivity index (χ3n) is 2.20. The van der Waals surface area contributed by atoms with Crippen molar-refractivity contribution in [3.8, 4) is 11.5 Å². The molecule has 1 aliphatic heterocycles. The number of benzene rings is 1. The molecule has 2 nitrogen and oxygen atoms in total. The molecule has 1 aromatic carbocycles. The maximum Gasteiger partial charge on any atom is 0.246 e. The fourth-order valence-electron chi connectivity index (χ4n) is 1.53. The van der Waals surface area contributed by atoms with Gasteiger partial charge in [-0.25, -0.2) is 0 Å². The van der Waals surface area contributed by atoms with Gasteiger partial charge in [-0.1, -0.05) is 12.1 Å². The van der Waals surface area contributed by atoms with Crippen molar-refractivity contribution in [3.63, 3.8) is 0 Å². The number of fused-ring (bicyclic) bond motifs is 1. The monoisotopic (exact) mass is 178 g/mol. The van der Waals surface area contributed by atoms with Crippen molar-refractivity contribution in [2.24, 2.45) is 0 Å². The van der Waals surface area contributed by atoms with Gasteiger partial charge in [0.05, 0.1) is 0 Å². The highest BCUT2D eigenvalue weighted by molar-refractivity contribution is 5.53. The Morgan fingerprint density at radius 3 is 1.69 bits per heavy atom. The van der Waals surface area contributed by atoms with Gasteiger partial charge in [0.15, 0.2) is 11.5 Å². The lowest BCUT2D eigenvalue weighted by molar-refractivity contribution is -0.0436. The first-order chi connectivity index (χ1) is 5.99. The molecule has 0 atom stereocenters. The molecule has 0 saturated heterocycles. The summed E-state index contributed by atoms with van der Waals surface area (Å²) in [5, 5.41) is 0. The maximum atomic E-state index is 5.68. The second-order valence-electron chi connectivity index (χ2n) is 3.96. The smallest absolute Gasteiger partial charge is 0.246 e. The fraction of sp³-hybridized carbons (Fsp3) is 0.455. The second kappa shape index (κ2) is 2.41. The van der Waals surface area contributed by atoms with Crippen LogP contribution in [0.1, 0.15) is 25.0 Å². The third-order valence-corrected chi connectivity index (χ3v) is 2.20. The minimum Gasteiger partial charge on any atom is -0.449 e. The SMILES string of the molecule is Cc1ccc(C)c2c1OC(C)(C)O2. The molecule has 0 bridgehead atoms. The summed E-state index contributed by atoms with van der Waals surface area (Å²) in [5.74, 6) is 1.27. The summed E-state index contributed by atoms with van der Waals surface area (Å²) in [6, 6.07) is 4.11. The van der Waals surface area contributed by atoms with Crippen LogP contribution in [0.15, 0.2) is 12.1 Å². The van der Waals surface area contributed by atoms with Crippen molar-refractivity contribution >= 4 is 0 Å². The van der Waals surface area contributed by atoms with E-state index < -0.39 is 5.79 Å². The van der Waals surface area contributed by atoms with E-state index in [-0.39, 0.29) is 0 Å². The van der Waals surface area contributed by atoms with Crippen LogP contribution in [-0.2, 0) is 0 Å². The Labute approximate surface area is 78.5 Å². The normalized spacial score (nSPS) is 17.5. The third kappa shape index (κ3) is 1.26. The summed E-state index contributed by atoms with van der Waals surface area (Å²) < 4.78 is 11.4. The molecule has 0 amide bonds. The van der Waals surface area contributed by atoms with Gasteiger partial charge in [-0.3, -0.25) is 0 Å². The molecule has 2 heteroatoms. The van der Waals surface area contributed by atoms with E-state index in [9.17, 15) is 0 Å². The Hall–Kier alpha value is -1.18. The standard InChI is InChI=1S/C11H14O2/c1-7-5-6-8(2)10-9(7)12-11(3,4)13-10/h5-6H,1-4H3. The van der Waals surface area contributed by atoms with Crippen molar-refractivity contribution in [3.05, 3.63) is 23.3 Å². The summed E-state index contributed by atoms with van der Waals surface area (Å²) in [6.45, 7) is 7.91. The Morgan fingerprint density at radius 2 is 1.31 bits per heavy atom. The van der Waals surface area contributed by atoms with E-state index in [1.54, 1.807) is 0 Å². The number of hydrogen-bond donors (Lipinski definition) is 0. The molecule has 0 aliphatic carbocycles. The van der Waals surface area contributed by atoms with E-state index in [0.29, 0.717) is 0 Å². The average molecular weight is 178 g/mol. The second-order valence-corrected chi connectivity index (χ2v) is 3.96. The topological polar surface area (TPSA) is 18.5 Å². The summed E-state index contributed by atoms with van der Waals surface area (Å²) in [5.41, 5.74) is 2.26. The van der Waals surface area contributed by atoms with E-state index in [0.717, 1.165) is 22.6 Å². The molecule has 1 aromatic rings. The molecule has 0 N–H and O–H groups in total. The molecule has 0 aromatic heterocycles. The predicted octanol–water partition coefficient (Wildman–Crippen LogP) is 2.81. The largest absolute Gasteiger partial charge is 0.449 e. The highest BCUT2D eigenvalue weighted by atomic mass is 16.7. The van der Waals surface area contributed by atoms with Crippen molar-refractivity contribution in [1.82, 2.24) is 0 Å². The van der Waals surface area contributed by atoms with Crippen molar-refractivity contribution in [1.29, 1.82) is 0 Å². The lowest BCUT2D eigenvalue weighted by atomic mass is 10.1. The molecule has 0 spiro atoms. The molecular weight excluding hydrogens is 164 g/mol. The Kier molecular flexibility index (Phi) is 1.56. The predicted molar refractivity (Wildman–Crippen MR) is 51.3 cm³/mol. The van der Waals surface area contributed by atoms with Crippen LogP contribution in [0.3, 0.4) is 0 Å². The molecular formula is C11H14O2. The quantitative estimate of drug-likeness (QED) is 0.608. The molecule has 2 rings (SSSR count). The lowest BCUT2D eigenvalue weighted by Gasteiger charge is -2.16. The first-order valence-electron chi connectivity index (χ1n) is 4.48. The molecule has 0 fully saturated rings. The van der Waals surface area contributed by atoms with Crippen LogP contribution < -0.4 is 9.47 Å². The molecule has 1 heterocycles. The van der Waals surface area contributed by atoms with E-state index in [4.69, 9.17) is 9.47 Å². The first-order valence-corrected chi connectivity index (χ1v) is 4.48. The number of rotatable bonds is 0. The van der Waals surface area contributed by atoms with Crippen molar-refractivity contribution in [2.45, 2.75) is 33.5 Å². The van der Waals surface area contributed by atoms with E-state index >= 15 is 0 Å². The Morgan fingerprint density at radius 1 is 0.923 bits per heavy atom. The minimum absolute atomic E-state index is 0.515. The Bertz CT molecular complexity index is 320. The van der Waals surface area contributed by atoms with Gasteiger partial charge >= 0.3 is 0 Å². The number of hydrogen-bond acceptors (Lipinski definition) is 2. The van der Waals surface area contributed by atoms with Gasteiger partial charge in [0.1, 0.15) is 0 Å². The molecule has 0 radical (unpaired) electrons. The zero-order valence-electron chi connectivity index (χ0n) is 8.47. The van der Waals surface area contributed by atoms with Gasteiger partial charge in [0.25, 0.3) is 0 Å². The van der Waals surface area contributed by atoms with Crippen LogP contribution >= 0.6 is 0 Å². The van der Waals surface area contributed by atoms with E-state index in [1.807, 2.05) is 27.7 Å². The molecule has 0 saturated carbocycles. The summed E-state index contributed by atoms with van der Waals surface area (Å²) >= 11 is 0. The lowest BCUT2D eigenvalue weighted by Crippen LogP contribution is -2.29. The molecule has 1 aliphatic rings. The van der Waals surface area contributed by atoms with Gasteiger partial charge in [0.2, 0.25) is 5.79 Å². The van der Waals surface area contributed by atoms with E-state index in [2.05, 4.69) is 12.1 Å². The maximum absolute atomic E-state index is 5.68. The molecule has 13 heavy (non-hydrogen) atoms. The Balaban J connectivity index is 2.56. The fourth-order valence-corrected chi connectivity index (χ4v) is 1.53. The zero-order valence-corrected chi connectivity index (χ0v) is 8.47. The molecule has 70 valence electrons. The molecule has 0 unspecified atom stereocenters. The van der Waals surface area contributed by atoms with Crippen molar-refractivity contribution in [2.75, 3.05) is 0 Å². The zero-order chi connectivity index (χ0) is 9.64. The van der Waals surface area contributed by atoms with Crippen LogP contribution in [-0.4, -0.2) is 5.79 Å². The van der Waals surface area contributed by atoms with Crippen LogP contribution in [0.2, 0.25) is 0 Å².